The number of hydrogen-bond donors (Lipinski definition) is 1. The summed E-state index contributed by atoms with van der Waals surface area (Å²) in [7, 11) is 0. The van der Waals surface area contributed by atoms with E-state index in [1.807, 2.05) is 12.1 Å². The Bertz CT molecular complexity index is 871. The molecule has 0 saturated carbocycles. The van der Waals surface area contributed by atoms with E-state index in [4.69, 9.17) is 10.7 Å². The third-order valence-electron chi connectivity index (χ3n) is 5.38. The van der Waals surface area contributed by atoms with Gasteiger partial charge in [0.1, 0.15) is 5.65 Å². The van der Waals surface area contributed by atoms with Crippen LogP contribution in [0.5, 0.6) is 0 Å². The standard InChI is InChI=1S/C21H26N4/c1-15-9-12-24(13-10-15)14-19-20(17-5-7-18(22)8-6-17)23-21-16(2)4-3-11-25(19)21/h3-8,11,15H,9-10,12-14,22H2,1-2H3. The van der Waals surface area contributed by atoms with Crippen LogP contribution in [-0.4, -0.2) is 27.4 Å². The number of pyridine rings is 1. The first-order valence-corrected chi connectivity index (χ1v) is 9.16. The first-order chi connectivity index (χ1) is 12.1. The summed E-state index contributed by atoms with van der Waals surface area (Å²) in [6, 6.07) is 12.3. The normalized spacial score (nSPS) is 16.6. The highest BCUT2D eigenvalue weighted by Gasteiger charge is 2.21. The Hall–Kier alpha value is -2.33. The fourth-order valence-electron chi connectivity index (χ4n) is 3.71. The molecule has 3 heterocycles. The minimum atomic E-state index is 0.787. The number of likely N-dealkylation sites (tertiary alicyclic amines) is 1. The molecule has 0 radical (unpaired) electrons. The third kappa shape index (κ3) is 3.14. The van der Waals surface area contributed by atoms with Crippen molar-refractivity contribution < 1.29 is 0 Å². The molecule has 0 bridgehead atoms. The predicted octanol–water partition coefficient (Wildman–Crippen LogP) is 4.12. The van der Waals surface area contributed by atoms with E-state index in [1.165, 1.54) is 37.2 Å². The second-order valence-corrected chi connectivity index (χ2v) is 7.37. The molecule has 2 aromatic heterocycles. The van der Waals surface area contributed by atoms with E-state index in [-0.39, 0.29) is 0 Å². The van der Waals surface area contributed by atoms with Gasteiger partial charge in [-0.25, -0.2) is 4.98 Å². The van der Waals surface area contributed by atoms with E-state index >= 15 is 0 Å². The van der Waals surface area contributed by atoms with Gasteiger partial charge in [0, 0.05) is 24.0 Å². The van der Waals surface area contributed by atoms with Crippen molar-refractivity contribution in [2.24, 2.45) is 5.92 Å². The Morgan fingerprint density at radius 3 is 2.56 bits per heavy atom. The summed E-state index contributed by atoms with van der Waals surface area (Å²) in [5, 5.41) is 0. The van der Waals surface area contributed by atoms with E-state index < -0.39 is 0 Å². The Balaban J connectivity index is 1.78. The van der Waals surface area contributed by atoms with Gasteiger partial charge in [-0.05, 0) is 62.5 Å². The summed E-state index contributed by atoms with van der Waals surface area (Å²) < 4.78 is 2.26. The molecule has 0 aliphatic carbocycles. The van der Waals surface area contributed by atoms with E-state index in [0.717, 1.165) is 35.1 Å². The van der Waals surface area contributed by atoms with Crippen molar-refractivity contribution in [3.05, 3.63) is 53.9 Å². The second-order valence-electron chi connectivity index (χ2n) is 7.37. The van der Waals surface area contributed by atoms with E-state index in [9.17, 15) is 0 Å². The number of nitrogen functional groups attached to an aromatic ring is 1. The minimum absolute atomic E-state index is 0.787. The van der Waals surface area contributed by atoms with Crippen molar-refractivity contribution in [1.82, 2.24) is 14.3 Å². The molecule has 1 aliphatic rings. The summed E-state index contributed by atoms with van der Waals surface area (Å²) in [5.41, 5.74) is 12.4. The van der Waals surface area contributed by atoms with Crippen molar-refractivity contribution in [2.45, 2.75) is 33.2 Å². The monoisotopic (exact) mass is 334 g/mol. The predicted molar refractivity (Wildman–Crippen MR) is 103 cm³/mol. The lowest BCUT2D eigenvalue weighted by Gasteiger charge is -2.30. The average Bonchev–Trinajstić information content (AvgIpc) is 2.98. The van der Waals surface area contributed by atoms with Crippen LogP contribution in [0.4, 0.5) is 5.69 Å². The largest absolute Gasteiger partial charge is 0.399 e. The molecule has 25 heavy (non-hydrogen) atoms. The maximum Gasteiger partial charge on any atom is 0.140 e. The molecule has 2 N–H and O–H groups in total. The molecule has 130 valence electrons. The number of imidazole rings is 1. The van der Waals surface area contributed by atoms with Gasteiger partial charge in [-0.2, -0.15) is 0 Å². The number of hydrogen-bond acceptors (Lipinski definition) is 3. The van der Waals surface area contributed by atoms with Gasteiger partial charge in [-0.3, -0.25) is 4.90 Å². The number of anilines is 1. The molecule has 0 unspecified atom stereocenters. The smallest absolute Gasteiger partial charge is 0.140 e. The van der Waals surface area contributed by atoms with Crippen LogP contribution in [0.25, 0.3) is 16.9 Å². The summed E-state index contributed by atoms with van der Waals surface area (Å²) in [5.74, 6) is 0.845. The van der Waals surface area contributed by atoms with Gasteiger partial charge < -0.3 is 10.1 Å². The highest BCUT2D eigenvalue weighted by Crippen LogP contribution is 2.28. The zero-order valence-electron chi connectivity index (χ0n) is 15.1. The number of aryl methyl sites for hydroxylation is 1. The van der Waals surface area contributed by atoms with Crippen LogP contribution >= 0.6 is 0 Å². The SMILES string of the molecule is Cc1cccn2c(CN3CCC(C)CC3)c(-c3ccc(N)cc3)nc12. The van der Waals surface area contributed by atoms with Gasteiger partial charge in [0.25, 0.3) is 0 Å². The topological polar surface area (TPSA) is 46.6 Å². The first-order valence-electron chi connectivity index (χ1n) is 9.16. The lowest BCUT2D eigenvalue weighted by Crippen LogP contribution is -2.32. The van der Waals surface area contributed by atoms with Gasteiger partial charge in [-0.1, -0.05) is 25.1 Å². The van der Waals surface area contributed by atoms with Crippen LogP contribution in [0.2, 0.25) is 0 Å². The Morgan fingerprint density at radius 2 is 1.84 bits per heavy atom. The van der Waals surface area contributed by atoms with Crippen molar-refractivity contribution in [3.8, 4) is 11.3 Å². The summed E-state index contributed by atoms with van der Waals surface area (Å²) >= 11 is 0. The quantitative estimate of drug-likeness (QED) is 0.733. The number of benzene rings is 1. The molecule has 1 aliphatic heterocycles. The fraction of sp³-hybridized carbons (Fsp3) is 0.381. The number of aromatic nitrogens is 2. The molecule has 3 aromatic rings. The lowest BCUT2D eigenvalue weighted by atomic mass is 9.99. The van der Waals surface area contributed by atoms with Crippen molar-refractivity contribution in [1.29, 1.82) is 0 Å². The van der Waals surface area contributed by atoms with Crippen molar-refractivity contribution in [2.75, 3.05) is 18.8 Å². The minimum Gasteiger partial charge on any atom is -0.399 e. The van der Waals surface area contributed by atoms with Crippen LogP contribution in [0.1, 0.15) is 31.0 Å². The summed E-state index contributed by atoms with van der Waals surface area (Å²) in [6.07, 6.45) is 4.71. The molecule has 4 heteroatoms. The van der Waals surface area contributed by atoms with Crippen LogP contribution < -0.4 is 5.73 Å². The van der Waals surface area contributed by atoms with Gasteiger partial charge in [0.2, 0.25) is 0 Å². The summed E-state index contributed by atoms with van der Waals surface area (Å²) in [6.45, 7) is 7.76. The molecule has 1 aromatic carbocycles. The molecule has 4 rings (SSSR count). The number of fused-ring (bicyclic) bond motifs is 1. The molecular weight excluding hydrogens is 308 g/mol. The number of nitrogens with two attached hydrogens (primary N) is 1. The van der Waals surface area contributed by atoms with E-state index in [0.29, 0.717) is 0 Å². The highest BCUT2D eigenvalue weighted by atomic mass is 15.2. The first kappa shape index (κ1) is 16.2. The van der Waals surface area contributed by atoms with Crippen LogP contribution in [0.3, 0.4) is 0 Å². The second kappa shape index (κ2) is 6.52. The lowest BCUT2D eigenvalue weighted by molar-refractivity contribution is 0.183. The Labute approximate surface area is 149 Å². The van der Waals surface area contributed by atoms with E-state index in [1.54, 1.807) is 0 Å². The molecule has 0 amide bonds. The molecule has 0 atom stereocenters. The van der Waals surface area contributed by atoms with Crippen molar-refractivity contribution >= 4 is 11.3 Å². The van der Waals surface area contributed by atoms with Crippen molar-refractivity contribution in [3.63, 3.8) is 0 Å². The Kier molecular flexibility index (Phi) is 4.22. The zero-order chi connectivity index (χ0) is 17.4. The molecule has 4 nitrogen and oxygen atoms in total. The fourth-order valence-corrected chi connectivity index (χ4v) is 3.71. The third-order valence-corrected chi connectivity index (χ3v) is 5.38. The molecule has 1 saturated heterocycles. The maximum atomic E-state index is 5.87. The maximum absolute atomic E-state index is 5.87. The zero-order valence-corrected chi connectivity index (χ0v) is 15.1. The average molecular weight is 334 g/mol. The summed E-state index contributed by atoms with van der Waals surface area (Å²) in [4.78, 5) is 7.55. The van der Waals surface area contributed by atoms with Gasteiger partial charge in [-0.15, -0.1) is 0 Å². The number of rotatable bonds is 3. The van der Waals surface area contributed by atoms with Crippen LogP contribution in [0, 0.1) is 12.8 Å². The van der Waals surface area contributed by atoms with E-state index in [2.05, 4.69) is 53.6 Å². The highest BCUT2D eigenvalue weighted by molar-refractivity contribution is 5.69. The van der Waals surface area contributed by atoms with Gasteiger partial charge in [0.15, 0.2) is 0 Å². The number of nitrogens with zero attached hydrogens (tertiary/aromatic N) is 3. The Morgan fingerprint density at radius 1 is 1.12 bits per heavy atom. The van der Waals surface area contributed by atoms with Gasteiger partial charge in [0.05, 0.1) is 11.4 Å². The molecule has 1 fully saturated rings. The molecule has 0 spiro atoms. The van der Waals surface area contributed by atoms with Gasteiger partial charge >= 0.3 is 0 Å². The van der Waals surface area contributed by atoms with Crippen LogP contribution in [0.15, 0.2) is 42.6 Å². The molecular formula is C21H26N4. The number of piperidine rings is 1. The van der Waals surface area contributed by atoms with Crippen LogP contribution in [-0.2, 0) is 6.54 Å².